The summed E-state index contributed by atoms with van der Waals surface area (Å²) < 4.78 is 83.9. The van der Waals surface area contributed by atoms with Crippen molar-refractivity contribution >= 4 is 11.6 Å². The van der Waals surface area contributed by atoms with Gasteiger partial charge in [0.1, 0.15) is 6.54 Å². The zero-order valence-corrected chi connectivity index (χ0v) is 21.1. The van der Waals surface area contributed by atoms with Gasteiger partial charge in [0.15, 0.2) is 5.65 Å². The second-order valence-corrected chi connectivity index (χ2v) is 8.99. The number of halogens is 6. The zero-order valence-electron chi connectivity index (χ0n) is 21.1. The molecule has 1 atom stereocenters. The number of hydrogen-bond donors (Lipinski definition) is 1. The molecule has 0 saturated heterocycles. The molecule has 1 unspecified atom stereocenters. The van der Waals surface area contributed by atoms with Gasteiger partial charge in [0.2, 0.25) is 11.8 Å². The van der Waals surface area contributed by atoms with Crippen LogP contribution in [0.2, 0.25) is 0 Å². The Labute approximate surface area is 226 Å². The zero-order chi connectivity index (χ0) is 29.5. The second-order valence-electron chi connectivity index (χ2n) is 8.99. The van der Waals surface area contributed by atoms with E-state index in [0.717, 1.165) is 18.3 Å². The molecule has 2 N–H and O–H groups in total. The van der Waals surface area contributed by atoms with E-state index in [-0.39, 0.29) is 23.2 Å². The average molecular weight is 578 g/mol. The topological polar surface area (TPSA) is 118 Å². The first kappa shape index (κ1) is 27.7. The van der Waals surface area contributed by atoms with Gasteiger partial charge in [0.05, 0.1) is 12.2 Å². The maximum Gasteiger partial charge on any atom is 0.574 e. The highest BCUT2D eigenvalue weighted by Gasteiger charge is 2.32. The number of aromatic nitrogens is 7. The lowest BCUT2D eigenvalue weighted by atomic mass is 10.0. The second kappa shape index (κ2) is 10.3. The van der Waals surface area contributed by atoms with Gasteiger partial charge in [0, 0.05) is 59.2 Å². The minimum absolute atomic E-state index is 0.0702. The third-order valence-electron chi connectivity index (χ3n) is 6.10. The standard InChI is InChI=1S/C25H20F6N8O2/c1-2-19(14-3-5-20(33-8-14)41-25(29,30)31)38-12-17(9-34-38)16-7-18(22-35-23(32)36-39(22)11-16)15-4-6-21(40)37(10-15)13-24(26,27)28/h3-12,19H,2,13H2,1H3,(H2,32,36). The molecule has 0 aliphatic heterocycles. The molecule has 10 nitrogen and oxygen atoms in total. The minimum atomic E-state index is -4.86. The Kier molecular flexibility index (Phi) is 6.92. The van der Waals surface area contributed by atoms with Crippen LogP contribution in [0.25, 0.3) is 27.9 Å². The largest absolute Gasteiger partial charge is 0.574 e. The van der Waals surface area contributed by atoms with Crippen molar-refractivity contribution < 1.29 is 31.1 Å². The van der Waals surface area contributed by atoms with E-state index >= 15 is 0 Å². The number of nitrogen functional groups attached to an aromatic ring is 1. The molecule has 0 aromatic carbocycles. The predicted molar refractivity (Wildman–Crippen MR) is 134 cm³/mol. The number of hydrogen-bond acceptors (Lipinski definition) is 7. The van der Waals surface area contributed by atoms with Gasteiger partial charge in [-0.3, -0.25) is 9.48 Å². The van der Waals surface area contributed by atoms with Crippen molar-refractivity contribution in [3.8, 4) is 28.1 Å². The molecule has 16 heteroatoms. The predicted octanol–water partition coefficient (Wildman–Crippen LogP) is 4.86. The molecule has 0 fully saturated rings. The molecule has 214 valence electrons. The molecule has 5 aromatic rings. The van der Waals surface area contributed by atoms with Crippen LogP contribution >= 0.6 is 0 Å². The van der Waals surface area contributed by atoms with Crippen LogP contribution in [0.4, 0.5) is 32.3 Å². The minimum Gasteiger partial charge on any atom is -0.388 e. The van der Waals surface area contributed by atoms with E-state index in [2.05, 4.69) is 24.9 Å². The molecule has 5 heterocycles. The number of anilines is 1. The van der Waals surface area contributed by atoms with Crippen molar-refractivity contribution in [2.45, 2.75) is 38.5 Å². The van der Waals surface area contributed by atoms with Crippen molar-refractivity contribution in [2.24, 2.45) is 0 Å². The molecule has 5 aromatic heterocycles. The molecular weight excluding hydrogens is 558 g/mol. The van der Waals surface area contributed by atoms with Crippen LogP contribution < -0.4 is 16.0 Å². The van der Waals surface area contributed by atoms with Gasteiger partial charge in [-0.1, -0.05) is 6.92 Å². The fourth-order valence-electron chi connectivity index (χ4n) is 4.38. The Balaban J connectivity index is 1.52. The molecule has 0 saturated carbocycles. The molecule has 0 aliphatic carbocycles. The summed E-state index contributed by atoms with van der Waals surface area (Å²) in [6.45, 7) is 0.401. The van der Waals surface area contributed by atoms with Gasteiger partial charge in [0.25, 0.3) is 5.56 Å². The molecule has 0 radical (unpaired) electrons. The third kappa shape index (κ3) is 6.15. The maximum absolute atomic E-state index is 13.0. The Hall–Kier alpha value is -4.89. The summed E-state index contributed by atoms with van der Waals surface area (Å²) in [4.78, 5) is 20.0. The smallest absolute Gasteiger partial charge is 0.388 e. The quantitative estimate of drug-likeness (QED) is 0.274. The van der Waals surface area contributed by atoms with Crippen molar-refractivity contribution in [3.63, 3.8) is 0 Å². The van der Waals surface area contributed by atoms with E-state index in [0.29, 0.717) is 33.2 Å². The van der Waals surface area contributed by atoms with Gasteiger partial charge < -0.3 is 15.0 Å². The lowest BCUT2D eigenvalue weighted by Crippen LogP contribution is -2.27. The van der Waals surface area contributed by atoms with Gasteiger partial charge in [-0.2, -0.15) is 23.3 Å². The van der Waals surface area contributed by atoms with Crippen LogP contribution in [0, 0.1) is 0 Å². The van der Waals surface area contributed by atoms with Crippen molar-refractivity contribution in [1.29, 1.82) is 0 Å². The lowest BCUT2D eigenvalue weighted by molar-refractivity contribution is -0.276. The Bertz CT molecular complexity index is 1760. The van der Waals surface area contributed by atoms with Crippen LogP contribution in [0.5, 0.6) is 5.88 Å². The molecule has 0 bridgehead atoms. The summed E-state index contributed by atoms with van der Waals surface area (Å²) in [5.41, 5.74) is 7.61. The van der Waals surface area contributed by atoms with E-state index in [1.54, 1.807) is 29.3 Å². The van der Waals surface area contributed by atoms with Gasteiger partial charge >= 0.3 is 12.5 Å². The molecule has 41 heavy (non-hydrogen) atoms. The Morgan fingerprint density at radius 2 is 1.76 bits per heavy atom. The number of ether oxygens (including phenoxy) is 1. The fraction of sp³-hybridized carbons (Fsp3) is 0.240. The van der Waals surface area contributed by atoms with E-state index < -0.39 is 30.5 Å². The monoisotopic (exact) mass is 578 g/mol. The van der Waals surface area contributed by atoms with Crippen LogP contribution in [-0.4, -0.2) is 46.5 Å². The molecule has 0 spiro atoms. The van der Waals surface area contributed by atoms with Gasteiger partial charge in [-0.15, -0.1) is 18.3 Å². The van der Waals surface area contributed by atoms with E-state index in [4.69, 9.17) is 5.73 Å². The first-order valence-electron chi connectivity index (χ1n) is 12.0. The fourth-order valence-corrected chi connectivity index (χ4v) is 4.38. The number of pyridine rings is 3. The third-order valence-corrected chi connectivity index (χ3v) is 6.10. The van der Waals surface area contributed by atoms with Crippen LogP contribution in [0.3, 0.4) is 0 Å². The van der Waals surface area contributed by atoms with Gasteiger partial charge in [-0.25, -0.2) is 9.50 Å². The number of nitrogens with two attached hydrogens (primary N) is 1. The highest BCUT2D eigenvalue weighted by Crippen LogP contribution is 2.32. The summed E-state index contributed by atoms with van der Waals surface area (Å²) in [6.07, 6.45) is -1.72. The Morgan fingerprint density at radius 3 is 2.41 bits per heavy atom. The normalized spacial score (nSPS) is 13.0. The summed E-state index contributed by atoms with van der Waals surface area (Å²) >= 11 is 0. The highest BCUT2D eigenvalue weighted by atomic mass is 19.4. The van der Waals surface area contributed by atoms with E-state index in [1.807, 2.05) is 6.92 Å². The molecule has 0 amide bonds. The Morgan fingerprint density at radius 1 is 0.976 bits per heavy atom. The maximum atomic E-state index is 13.0. The van der Waals surface area contributed by atoms with Crippen molar-refractivity contribution in [1.82, 2.24) is 33.9 Å². The summed E-state index contributed by atoms with van der Waals surface area (Å²) in [7, 11) is 0. The summed E-state index contributed by atoms with van der Waals surface area (Å²) in [5.74, 6) is -0.661. The molecular formula is C25H20F6N8O2. The first-order valence-corrected chi connectivity index (χ1v) is 12.0. The number of alkyl halides is 6. The number of nitrogens with zero attached hydrogens (tertiary/aromatic N) is 7. The van der Waals surface area contributed by atoms with E-state index in [1.165, 1.54) is 22.8 Å². The van der Waals surface area contributed by atoms with Crippen LogP contribution in [0.15, 0.2) is 66.1 Å². The van der Waals surface area contributed by atoms with Crippen LogP contribution in [-0.2, 0) is 6.54 Å². The van der Waals surface area contributed by atoms with Gasteiger partial charge in [-0.05, 0) is 30.2 Å². The first-order chi connectivity index (χ1) is 19.3. The van der Waals surface area contributed by atoms with Crippen molar-refractivity contribution in [3.05, 3.63) is 77.2 Å². The number of fused-ring (bicyclic) bond motifs is 1. The summed E-state index contributed by atoms with van der Waals surface area (Å²) in [6, 6.07) is 6.27. The van der Waals surface area contributed by atoms with Crippen molar-refractivity contribution in [2.75, 3.05) is 5.73 Å². The summed E-state index contributed by atoms with van der Waals surface area (Å²) in [5, 5.41) is 8.54. The molecule has 0 aliphatic rings. The highest BCUT2D eigenvalue weighted by molar-refractivity contribution is 5.82. The molecule has 5 rings (SSSR count). The van der Waals surface area contributed by atoms with Crippen LogP contribution in [0.1, 0.15) is 24.9 Å². The average Bonchev–Trinajstić information content (AvgIpc) is 3.51. The lowest BCUT2D eigenvalue weighted by Gasteiger charge is -2.16. The van der Waals surface area contributed by atoms with E-state index in [9.17, 15) is 31.1 Å². The number of rotatable bonds is 7. The SMILES string of the molecule is CCC(c1ccc(OC(F)(F)F)nc1)n1cc(-c2cc(-c3ccc(=O)n(CC(F)(F)F)c3)c3nc(N)nn3c2)cn1.